The third-order valence-electron chi connectivity index (χ3n) is 2.82. The lowest BCUT2D eigenvalue weighted by molar-refractivity contribution is 0.0753. The third-order valence-corrected chi connectivity index (χ3v) is 2.82. The lowest BCUT2D eigenvalue weighted by Gasteiger charge is -2.23. The quantitative estimate of drug-likeness (QED) is 0.812. The fourth-order valence-corrected chi connectivity index (χ4v) is 1.96. The van der Waals surface area contributed by atoms with Crippen molar-refractivity contribution < 1.29 is 14.3 Å². The van der Waals surface area contributed by atoms with Gasteiger partial charge >= 0.3 is 0 Å². The maximum atomic E-state index is 12.6. The van der Waals surface area contributed by atoms with Crippen LogP contribution in [-0.2, 0) is 0 Å². The molecule has 0 heterocycles. The number of nitrogens with zero attached hydrogens (tertiary/aromatic N) is 1. The maximum absolute atomic E-state index is 12.6. The Kier molecular flexibility index (Phi) is 6.15. The second-order valence-corrected chi connectivity index (χ2v) is 4.12. The molecule has 0 radical (unpaired) electrons. The first-order chi connectivity index (χ1) is 9.19. The summed E-state index contributed by atoms with van der Waals surface area (Å²) in [5.41, 5.74) is 6.01. The standard InChI is InChI=1S/C14H22N2O3/c1-4-9-16(10-8-15)14(17)13-11(18-2)6-5-7-12(13)19-3/h5-7H,4,8-10,15H2,1-3H3. The SMILES string of the molecule is CCCN(CCN)C(=O)c1c(OC)cccc1OC. The molecule has 19 heavy (non-hydrogen) atoms. The molecule has 1 amide bonds. The van der Waals surface area contributed by atoms with Crippen LogP contribution in [0.1, 0.15) is 23.7 Å². The van der Waals surface area contributed by atoms with Gasteiger partial charge in [-0.05, 0) is 18.6 Å². The van der Waals surface area contributed by atoms with Crippen molar-refractivity contribution in [3.8, 4) is 11.5 Å². The van der Waals surface area contributed by atoms with Crippen molar-refractivity contribution in [3.63, 3.8) is 0 Å². The Labute approximate surface area is 114 Å². The summed E-state index contributed by atoms with van der Waals surface area (Å²) in [6.07, 6.45) is 0.878. The lowest BCUT2D eigenvalue weighted by Crippen LogP contribution is -2.36. The number of rotatable bonds is 7. The zero-order chi connectivity index (χ0) is 14.3. The molecule has 106 valence electrons. The largest absolute Gasteiger partial charge is 0.496 e. The van der Waals surface area contributed by atoms with E-state index in [9.17, 15) is 4.79 Å². The number of methoxy groups -OCH3 is 2. The smallest absolute Gasteiger partial charge is 0.261 e. The molecule has 0 saturated carbocycles. The summed E-state index contributed by atoms with van der Waals surface area (Å²) in [6, 6.07) is 5.30. The lowest BCUT2D eigenvalue weighted by atomic mass is 10.1. The molecule has 0 aliphatic rings. The van der Waals surface area contributed by atoms with Gasteiger partial charge < -0.3 is 20.1 Å². The number of hydrogen-bond donors (Lipinski definition) is 1. The number of amides is 1. The first kappa shape index (κ1) is 15.3. The molecule has 0 aliphatic carbocycles. The van der Waals surface area contributed by atoms with E-state index in [0.29, 0.717) is 36.7 Å². The molecular weight excluding hydrogens is 244 g/mol. The van der Waals surface area contributed by atoms with Crippen LogP contribution in [0, 0.1) is 0 Å². The second kappa shape index (κ2) is 7.63. The number of benzene rings is 1. The average Bonchev–Trinajstić information content (AvgIpc) is 2.45. The van der Waals surface area contributed by atoms with Crippen LogP contribution in [-0.4, -0.2) is 44.7 Å². The van der Waals surface area contributed by atoms with E-state index in [4.69, 9.17) is 15.2 Å². The van der Waals surface area contributed by atoms with Crippen molar-refractivity contribution in [1.82, 2.24) is 4.90 Å². The zero-order valence-corrected chi connectivity index (χ0v) is 11.8. The van der Waals surface area contributed by atoms with Crippen molar-refractivity contribution >= 4 is 5.91 Å². The van der Waals surface area contributed by atoms with E-state index in [1.54, 1.807) is 37.3 Å². The van der Waals surface area contributed by atoms with Crippen molar-refractivity contribution in [1.29, 1.82) is 0 Å². The highest BCUT2D eigenvalue weighted by atomic mass is 16.5. The van der Waals surface area contributed by atoms with Crippen LogP contribution in [0.2, 0.25) is 0 Å². The molecule has 2 N–H and O–H groups in total. The molecule has 1 aromatic rings. The number of hydrogen-bond acceptors (Lipinski definition) is 4. The summed E-state index contributed by atoms with van der Waals surface area (Å²) >= 11 is 0. The Bertz CT molecular complexity index is 393. The van der Waals surface area contributed by atoms with Crippen molar-refractivity contribution in [2.24, 2.45) is 5.73 Å². The van der Waals surface area contributed by atoms with Gasteiger partial charge in [0, 0.05) is 19.6 Å². The molecule has 0 unspecified atom stereocenters. The first-order valence-corrected chi connectivity index (χ1v) is 6.39. The first-order valence-electron chi connectivity index (χ1n) is 6.39. The molecule has 0 aliphatic heterocycles. The van der Waals surface area contributed by atoms with Gasteiger partial charge in [0.05, 0.1) is 14.2 Å². The van der Waals surface area contributed by atoms with Crippen LogP contribution in [0.3, 0.4) is 0 Å². The second-order valence-electron chi connectivity index (χ2n) is 4.12. The van der Waals surface area contributed by atoms with E-state index < -0.39 is 0 Å². The van der Waals surface area contributed by atoms with Crippen LogP contribution in [0.25, 0.3) is 0 Å². The molecule has 0 spiro atoms. The van der Waals surface area contributed by atoms with Crippen LogP contribution >= 0.6 is 0 Å². The van der Waals surface area contributed by atoms with Gasteiger partial charge in [0.25, 0.3) is 5.91 Å². The highest BCUT2D eigenvalue weighted by molar-refractivity contribution is 5.99. The monoisotopic (exact) mass is 266 g/mol. The van der Waals surface area contributed by atoms with E-state index in [0.717, 1.165) is 6.42 Å². The van der Waals surface area contributed by atoms with E-state index in [1.807, 2.05) is 6.92 Å². The fourth-order valence-electron chi connectivity index (χ4n) is 1.96. The van der Waals surface area contributed by atoms with Gasteiger partial charge in [-0.15, -0.1) is 0 Å². The van der Waals surface area contributed by atoms with Crippen molar-refractivity contribution in [2.75, 3.05) is 33.9 Å². The van der Waals surface area contributed by atoms with E-state index in [-0.39, 0.29) is 5.91 Å². The zero-order valence-electron chi connectivity index (χ0n) is 11.8. The molecule has 0 atom stereocenters. The van der Waals surface area contributed by atoms with Crippen LogP contribution in [0.4, 0.5) is 0 Å². The minimum atomic E-state index is -0.110. The van der Waals surface area contributed by atoms with Gasteiger partial charge in [-0.25, -0.2) is 0 Å². The third kappa shape index (κ3) is 3.61. The van der Waals surface area contributed by atoms with Gasteiger partial charge in [-0.3, -0.25) is 4.79 Å². The summed E-state index contributed by atoms with van der Waals surface area (Å²) in [7, 11) is 3.08. The molecule has 5 heteroatoms. The Hall–Kier alpha value is -1.75. The van der Waals surface area contributed by atoms with Gasteiger partial charge in [-0.2, -0.15) is 0 Å². The van der Waals surface area contributed by atoms with Crippen molar-refractivity contribution in [3.05, 3.63) is 23.8 Å². The summed E-state index contributed by atoms with van der Waals surface area (Å²) < 4.78 is 10.5. The Morgan fingerprint density at radius 1 is 1.21 bits per heavy atom. The molecule has 0 bridgehead atoms. The van der Waals surface area contributed by atoms with Gasteiger partial charge in [0.15, 0.2) is 0 Å². The van der Waals surface area contributed by atoms with Gasteiger partial charge in [0.2, 0.25) is 0 Å². The average molecular weight is 266 g/mol. The topological polar surface area (TPSA) is 64.8 Å². The molecular formula is C14H22N2O3. The van der Waals surface area contributed by atoms with Crippen LogP contribution in [0.15, 0.2) is 18.2 Å². The van der Waals surface area contributed by atoms with Gasteiger partial charge in [0.1, 0.15) is 17.1 Å². The van der Waals surface area contributed by atoms with Crippen LogP contribution < -0.4 is 15.2 Å². The van der Waals surface area contributed by atoms with E-state index >= 15 is 0 Å². The summed E-state index contributed by atoms with van der Waals surface area (Å²) in [4.78, 5) is 14.3. The normalized spacial score (nSPS) is 10.1. The molecule has 5 nitrogen and oxygen atoms in total. The number of carbonyl (C=O) groups is 1. The molecule has 1 rings (SSSR count). The minimum absolute atomic E-state index is 0.110. The van der Waals surface area contributed by atoms with Crippen LogP contribution in [0.5, 0.6) is 11.5 Å². The minimum Gasteiger partial charge on any atom is -0.496 e. The van der Waals surface area contributed by atoms with E-state index in [2.05, 4.69) is 0 Å². The predicted molar refractivity (Wildman–Crippen MR) is 74.8 cm³/mol. The molecule has 1 aromatic carbocycles. The summed E-state index contributed by atoms with van der Waals surface area (Å²) in [6.45, 7) is 3.64. The molecule has 0 fully saturated rings. The van der Waals surface area contributed by atoms with Gasteiger partial charge in [-0.1, -0.05) is 13.0 Å². The molecule has 0 aromatic heterocycles. The van der Waals surface area contributed by atoms with Crippen molar-refractivity contribution in [2.45, 2.75) is 13.3 Å². The number of nitrogens with two attached hydrogens (primary N) is 1. The summed E-state index contributed by atoms with van der Waals surface area (Å²) in [5.74, 6) is 0.923. The molecule has 0 saturated heterocycles. The predicted octanol–water partition coefficient (Wildman–Crippen LogP) is 1.51. The summed E-state index contributed by atoms with van der Waals surface area (Å²) in [5, 5.41) is 0. The fraction of sp³-hybridized carbons (Fsp3) is 0.500. The highest BCUT2D eigenvalue weighted by Crippen LogP contribution is 2.29. The Morgan fingerprint density at radius 2 is 1.79 bits per heavy atom. The maximum Gasteiger partial charge on any atom is 0.261 e. The number of ether oxygens (including phenoxy) is 2. The Morgan fingerprint density at radius 3 is 2.21 bits per heavy atom. The van der Waals surface area contributed by atoms with E-state index in [1.165, 1.54) is 0 Å². The highest BCUT2D eigenvalue weighted by Gasteiger charge is 2.22. The Balaban J connectivity index is 3.14. The number of carbonyl (C=O) groups excluding carboxylic acids is 1.